The Morgan fingerprint density at radius 1 is 1.03 bits per heavy atom. The van der Waals surface area contributed by atoms with E-state index in [4.69, 9.17) is 4.43 Å². The number of ketones is 1. The maximum absolute atomic E-state index is 13.4. The standard InChI is InChI=1S/C35H60O2Si/c1-8-11-21-38(22-12-9-2,23-13-10-3)37-34-20-19-30-27(6)17-18-31-29(24-32(30)34)25-33(36)35(31)28(7)16-14-15-26(4)5/h15,17,25,28,30-32,34-35H,8-14,16,18-24H2,1-7H3/b27-17-/t28-,30+,31+,32-,34-,35-/m0/s1. The Labute approximate surface area is 237 Å². The van der Waals surface area contributed by atoms with Gasteiger partial charge in [0.25, 0.3) is 0 Å². The van der Waals surface area contributed by atoms with Crippen LogP contribution in [0.15, 0.2) is 34.9 Å². The van der Waals surface area contributed by atoms with Crippen LogP contribution in [0, 0.1) is 29.6 Å². The van der Waals surface area contributed by atoms with E-state index in [1.165, 1.54) is 80.6 Å². The van der Waals surface area contributed by atoms with Gasteiger partial charge < -0.3 is 4.43 Å². The minimum atomic E-state index is -1.76. The summed E-state index contributed by atoms with van der Waals surface area (Å²) in [7, 11) is -1.76. The molecule has 2 nitrogen and oxygen atoms in total. The topological polar surface area (TPSA) is 26.3 Å². The lowest BCUT2D eigenvalue weighted by atomic mass is 9.72. The monoisotopic (exact) mass is 540 g/mol. The molecular formula is C35H60O2Si. The SMILES string of the molecule is CCCC[Si](CCCC)(CCCC)O[C@H]1CC[C@@H]2/C(C)=C\C[C@@H]3C(=CC(=O)[C@H]3[C@@H](C)CCC=C(C)C)C[C@H]12. The molecule has 0 aromatic rings. The smallest absolute Gasteiger partial charge is 0.193 e. The average Bonchev–Trinajstić information content (AvgIpc) is 3.41. The van der Waals surface area contributed by atoms with Crippen molar-refractivity contribution in [2.75, 3.05) is 0 Å². The van der Waals surface area contributed by atoms with Crippen molar-refractivity contribution >= 4 is 14.1 Å². The van der Waals surface area contributed by atoms with Crippen molar-refractivity contribution in [3.05, 3.63) is 34.9 Å². The minimum Gasteiger partial charge on any atom is -0.414 e. The molecule has 3 rings (SSSR count). The highest BCUT2D eigenvalue weighted by atomic mass is 28.4. The summed E-state index contributed by atoms with van der Waals surface area (Å²) in [5.74, 6) is 2.62. The molecular weight excluding hydrogens is 480 g/mol. The van der Waals surface area contributed by atoms with Crippen LogP contribution < -0.4 is 0 Å². The van der Waals surface area contributed by atoms with Crippen LogP contribution in [0.3, 0.4) is 0 Å². The molecule has 38 heavy (non-hydrogen) atoms. The molecule has 3 aliphatic carbocycles. The third kappa shape index (κ3) is 8.06. The van der Waals surface area contributed by atoms with Gasteiger partial charge in [0, 0.05) is 12.0 Å². The first-order chi connectivity index (χ1) is 18.2. The van der Waals surface area contributed by atoms with Crippen molar-refractivity contribution in [2.24, 2.45) is 29.6 Å². The van der Waals surface area contributed by atoms with E-state index in [2.05, 4.69) is 66.7 Å². The lowest BCUT2D eigenvalue weighted by Crippen LogP contribution is -2.43. The Morgan fingerprint density at radius 3 is 2.24 bits per heavy atom. The number of rotatable bonds is 15. The van der Waals surface area contributed by atoms with E-state index < -0.39 is 8.32 Å². The van der Waals surface area contributed by atoms with E-state index in [-0.39, 0.29) is 5.92 Å². The quantitative estimate of drug-likeness (QED) is 0.152. The van der Waals surface area contributed by atoms with Crippen LogP contribution in [0.1, 0.15) is 126 Å². The lowest BCUT2D eigenvalue weighted by Gasteiger charge is -2.39. The number of unbranched alkanes of at least 4 members (excludes halogenated alkanes) is 3. The van der Waals surface area contributed by atoms with Crippen molar-refractivity contribution in [1.29, 1.82) is 0 Å². The molecule has 0 unspecified atom stereocenters. The molecule has 0 amide bonds. The molecule has 6 atom stereocenters. The first kappa shape index (κ1) is 31.6. The molecule has 1 fully saturated rings. The first-order valence-electron chi connectivity index (χ1n) is 16.5. The van der Waals surface area contributed by atoms with Crippen LogP contribution in [-0.4, -0.2) is 20.2 Å². The number of fused-ring (bicyclic) bond motifs is 2. The number of carbonyl (C=O) groups is 1. The fraction of sp³-hybridized carbons (Fsp3) is 0.800. The summed E-state index contributed by atoms with van der Waals surface area (Å²) in [4.78, 5) is 13.4. The fourth-order valence-electron chi connectivity index (χ4n) is 7.94. The van der Waals surface area contributed by atoms with Gasteiger partial charge in [0.05, 0.1) is 0 Å². The molecule has 0 saturated heterocycles. The van der Waals surface area contributed by atoms with E-state index in [0.717, 1.165) is 25.7 Å². The van der Waals surface area contributed by atoms with Gasteiger partial charge in [-0.1, -0.05) is 95.1 Å². The molecule has 0 heterocycles. The highest BCUT2D eigenvalue weighted by Gasteiger charge is 2.47. The summed E-state index contributed by atoms with van der Waals surface area (Å²) < 4.78 is 7.54. The second kappa shape index (κ2) is 15.2. The summed E-state index contributed by atoms with van der Waals surface area (Å²) in [6.45, 7) is 16.1. The van der Waals surface area contributed by atoms with E-state index in [0.29, 0.717) is 35.6 Å². The molecule has 216 valence electrons. The highest BCUT2D eigenvalue weighted by Crippen LogP contribution is 2.50. The first-order valence-corrected chi connectivity index (χ1v) is 19.0. The fourth-order valence-corrected chi connectivity index (χ4v) is 13.0. The summed E-state index contributed by atoms with van der Waals surface area (Å²) in [5.41, 5.74) is 4.43. The zero-order chi connectivity index (χ0) is 27.7. The Bertz CT molecular complexity index is 826. The van der Waals surface area contributed by atoms with Gasteiger partial charge in [-0.2, -0.15) is 0 Å². The van der Waals surface area contributed by atoms with Crippen molar-refractivity contribution in [1.82, 2.24) is 0 Å². The van der Waals surface area contributed by atoms with Crippen LogP contribution in [0.2, 0.25) is 18.1 Å². The molecule has 0 bridgehead atoms. The van der Waals surface area contributed by atoms with Gasteiger partial charge in [-0.3, -0.25) is 4.79 Å². The predicted octanol–water partition coefficient (Wildman–Crippen LogP) is 10.6. The van der Waals surface area contributed by atoms with E-state index in [9.17, 15) is 4.79 Å². The van der Waals surface area contributed by atoms with Crippen molar-refractivity contribution in [3.8, 4) is 0 Å². The van der Waals surface area contributed by atoms with Gasteiger partial charge in [-0.15, -0.1) is 0 Å². The number of carbonyl (C=O) groups excluding carboxylic acids is 1. The zero-order valence-corrected chi connectivity index (χ0v) is 27.1. The molecule has 0 aromatic carbocycles. The Kier molecular flexibility index (Phi) is 12.6. The van der Waals surface area contributed by atoms with Gasteiger partial charge in [-0.25, -0.2) is 0 Å². The number of allylic oxidation sites excluding steroid dienone is 6. The Balaban J connectivity index is 1.82. The highest BCUT2D eigenvalue weighted by molar-refractivity contribution is 6.73. The predicted molar refractivity (Wildman–Crippen MR) is 167 cm³/mol. The molecule has 0 radical (unpaired) electrons. The molecule has 0 N–H and O–H groups in total. The van der Waals surface area contributed by atoms with Gasteiger partial charge in [0.2, 0.25) is 0 Å². The molecule has 0 spiro atoms. The maximum atomic E-state index is 13.4. The Morgan fingerprint density at radius 2 is 1.66 bits per heavy atom. The minimum absolute atomic E-state index is 0.170. The summed E-state index contributed by atoms with van der Waals surface area (Å²) in [6.07, 6.45) is 22.0. The van der Waals surface area contributed by atoms with Gasteiger partial charge in [0.15, 0.2) is 14.1 Å². The normalized spacial score (nSPS) is 29.6. The summed E-state index contributed by atoms with van der Waals surface area (Å²) in [6, 6.07) is 4.05. The van der Waals surface area contributed by atoms with Gasteiger partial charge in [0.1, 0.15) is 0 Å². The van der Waals surface area contributed by atoms with Crippen molar-refractivity contribution in [2.45, 2.75) is 150 Å². The van der Waals surface area contributed by atoms with Gasteiger partial charge in [-0.05, 0) is 107 Å². The van der Waals surface area contributed by atoms with Crippen molar-refractivity contribution < 1.29 is 9.22 Å². The summed E-state index contributed by atoms with van der Waals surface area (Å²) >= 11 is 0. The molecule has 0 aromatic heterocycles. The van der Waals surface area contributed by atoms with Crippen LogP contribution in [0.5, 0.6) is 0 Å². The third-order valence-corrected chi connectivity index (χ3v) is 14.8. The van der Waals surface area contributed by atoms with Crippen LogP contribution in [0.25, 0.3) is 0 Å². The van der Waals surface area contributed by atoms with Crippen LogP contribution in [0.4, 0.5) is 0 Å². The second-order valence-corrected chi connectivity index (χ2v) is 17.6. The van der Waals surface area contributed by atoms with E-state index >= 15 is 0 Å². The second-order valence-electron chi connectivity index (χ2n) is 13.5. The number of hydrogen-bond acceptors (Lipinski definition) is 2. The van der Waals surface area contributed by atoms with Crippen LogP contribution >= 0.6 is 0 Å². The van der Waals surface area contributed by atoms with E-state index in [1.54, 1.807) is 5.57 Å². The molecule has 1 saturated carbocycles. The molecule has 3 aliphatic rings. The van der Waals surface area contributed by atoms with Crippen LogP contribution in [-0.2, 0) is 9.22 Å². The molecule has 3 heteroatoms. The molecule has 0 aliphatic heterocycles. The summed E-state index contributed by atoms with van der Waals surface area (Å²) in [5, 5.41) is 0. The largest absolute Gasteiger partial charge is 0.414 e. The number of hydrogen-bond donors (Lipinski definition) is 0. The van der Waals surface area contributed by atoms with E-state index in [1.807, 2.05) is 0 Å². The zero-order valence-electron chi connectivity index (χ0n) is 26.1. The Hall–Kier alpha value is -0.933. The van der Waals surface area contributed by atoms with Gasteiger partial charge >= 0.3 is 0 Å². The lowest BCUT2D eigenvalue weighted by molar-refractivity contribution is -0.119. The average molecular weight is 541 g/mol. The third-order valence-electron chi connectivity index (χ3n) is 10.2. The maximum Gasteiger partial charge on any atom is 0.193 e. The van der Waals surface area contributed by atoms with Crippen molar-refractivity contribution in [3.63, 3.8) is 0 Å².